The number of carbonyl (C=O) groups is 7. The highest BCUT2D eigenvalue weighted by Crippen LogP contribution is 2.08. The number of hydrogen-bond donors (Lipinski definition) is 8. The number of aliphatic hydroxyl groups is 1. The highest BCUT2D eigenvalue weighted by atomic mass is 32.1. The van der Waals surface area contributed by atoms with Crippen LogP contribution < -0.4 is 21.3 Å². The van der Waals surface area contributed by atoms with Crippen molar-refractivity contribution in [1.82, 2.24) is 21.3 Å². The Labute approximate surface area is 213 Å². The molecule has 0 aromatic rings. The molecule has 5 atom stereocenters. The third-order valence-corrected chi connectivity index (χ3v) is 5.05. The van der Waals surface area contributed by atoms with E-state index in [1.165, 1.54) is 6.92 Å². The number of aliphatic hydroxyl groups excluding tert-OH is 1. The fourth-order valence-electron chi connectivity index (χ4n) is 3.05. The van der Waals surface area contributed by atoms with E-state index < -0.39 is 83.8 Å². The van der Waals surface area contributed by atoms with Crippen LogP contribution in [0, 0.1) is 5.92 Å². The minimum absolute atomic E-state index is 0.0181. The van der Waals surface area contributed by atoms with E-state index in [-0.39, 0.29) is 18.8 Å². The van der Waals surface area contributed by atoms with Crippen LogP contribution in [-0.2, 0) is 33.6 Å². The van der Waals surface area contributed by atoms with Crippen LogP contribution >= 0.6 is 12.6 Å². The number of amides is 4. The molecule has 36 heavy (non-hydrogen) atoms. The van der Waals surface area contributed by atoms with Gasteiger partial charge in [-0.3, -0.25) is 33.6 Å². The number of carbonyl (C=O) groups excluding carboxylic acids is 5. The van der Waals surface area contributed by atoms with Crippen molar-refractivity contribution in [3.63, 3.8) is 0 Å². The third kappa shape index (κ3) is 13.0. The minimum atomic E-state index is -1.69. The van der Waals surface area contributed by atoms with Crippen LogP contribution in [0.2, 0.25) is 0 Å². The average Bonchev–Trinajstić information content (AvgIpc) is 2.71. The lowest BCUT2D eigenvalue weighted by molar-refractivity contribution is -0.140. The lowest BCUT2D eigenvalue weighted by Crippen LogP contribution is -2.60. The molecule has 4 amide bonds. The molecular weight excluding hydrogens is 500 g/mol. The van der Waals surface area contributed by atoms with Gasteiger partial charge in [-0.25, -0.2) is 0 Å². The van der Waals surface area contributed by atoms with Crippen LogP contribution in [0.5, 0.6) is 0 Å². The standard InChI is InChI=1S/C21H34N4O10S/c1-9(2)7-13(22-11(4)27)19(33)23-12(5-6-15(28)29)18(32)25-17(10(3)26)20(34)24-14(21(35)36)8-16(30)31/h9-10,12-14,17,26H,5-8H2,1-4H3,(H,22,27)(H,23,33)(H,24,34)(H,25,32)(H,28,29)(H,30,31)(H,35,36)/t10-,12+,13+,14+,17+/m1/s1. The molecule has 0 aliphatic carbocycles. The number of carboxylic acids is 2. The lowest BCUT2D eigenvalue weighted by atomic mass is 10.0. The van der Waals surface area contributed by atoms with Gasteiger partial charge in [-0.2, -0.15) is 0 Å². The smallest absolute Gasteiger partial charge is 0.305 e. The summed E-state index contributed by atoms with van der Waals surface area (Å²) >= 11 is 3.52. The van der Waals surface area contributed by atoms with Crippen molar-refractivity contribution in [2.75, 3.05) is 0 Å². The summed E-state index contributed by atoms with van der Waals surface area (Å²) in [6.07, 6.45) is -3.02. The van der Waals surface area contributed by atoms with Gasteiger partial charge in [0.15, 0.2) is 0 Å². The maximum absolute atomic E-state index is 12.9. The van der Waals surface area contributed by atoms with Crippen molar-refractivity contribution in [1.29, 1.82) is 0 Å². The summed E-state index contributed by atoms with van der Waals surface area (Å²) < 4.78 is 0. The summed E-state index contributed by atoms with van der Waals surface area (Å²) in [5.41, 5.74) is 0. The Morgan fingerprint density at radius 2 is 1.28 bits per heavy atom. The van der Waals surface area contributed by atoms with Gasteiger partial charge >= 0.3 is 11.9 Å². The second-order valence-corrected chi connectivity index (χ2v) is 9.04. The first-order chi connectivity index (χ1) is 16.5. The van der Waals surface area contributed by atoms with E-state index in [9.17, 15) is 38.7 Å². The highest BCUT2D eigenvalue weighted by molar-refractivity contribution is 7.96. The zero-order chi connectivity index (χ0) is 28.2. The fraction of sp³-hybridized carbons (Fsp3) is 0.667. The first-order valence-corrected chi connectivity index (χ1v) is 11.5. The summed E-state index contributed by atoms with van der Waals surface area (Å²) in [5.74, 6) is -6.08. The molecular formula is C21H34N4O10S. The normalized spacial score (nSPS) is 15.0. The fourth-order valence-corrected chi connectivity index (χ4v) is 3.21. The van der Waals surface area contributed by atoms with Crippen LogP contribution in [0.15, 0.2) is 0 Å². The van der Waals surface area contributed by atoms with Crippen LogP contribution in [0.4, 0.5) is 0 Å². The van der Waals surface area contributed by atoms with E-state index in [0.29, 0.717) is 0 Å². The number of carboxylic acid groups (broad SMARTS) is 2. The van der Waals surface area contributed by atoms with Gasteiger partial charge in [0.25, 0.3) is 0 Å². The van der Waals surface area contributed by atoms with Gasteiger partial charge in [0.2, 0.25) is 28.7 Å². The van der Waals surface area contributed by atoms with Gasteiger partial charge in [0, 0.05) is 13.3 Å². The van der Waals surface area contributed by atoms with Crippen LogP contribution in [0.3, 0.4) is 0 Å². The van der Waals surface area contributed by atoms with Crippen LogP contribution in [-0.4, -0.2) is 86.3 Å². The molecule has 0 saturated carbocycles. The Morgan fingerprint density at radius 3 is 1.69 bits per heavy atom. The zero-order valence-electron chi connectivity index (χ0n) is 20.4. The van der Waals surface area contributed by atoms with Crippen LogP contribution in [0.1, 0.15) is 53.4 Å². The predicted octanol–water partition coefficient (Wildman–Crippen LogP) is -1.83. The van der Waals surface area contributed by atoms with E-state index in [1.54, 1.807) is 13.8 Å². The van der Waals surface area contributed by atoms with E-state index in [4.69, 9.17) is 10.2 Å². The van der Waals surface area contributed by atoms with Crippen molar-refractivity contribution in [2.45, 2.75) is 83.6 Å². The van der Waals surface area contributed by atoms with Gasteiger partial charge < -0.3 is 36.6 Å². The van der Waals surface area contributed by atoms with E-state index >= 15 is 0 Å². The van der Waals surface area contributed by atoms with Gasteiger partial charge in [-0.15, -0.1) is 12.6 Å². The monoisotopic (exact) mass is 534 g/mol. The summed E-state index contributed by atoms with van der Waals surface area (Å²) in [7, 11) is 0. The van der Waals surface area contributed by atoms with Gasteiger partial charge in [-0.05, 0) is 25.7 Å². The van der Waals surface area contributed by atoms with Crippen LogP contribution in [0.25, 0.3) is 0 Å². The zero-order valence-corrected chi connectivity index (χ0v) is 21.3. The quantitative estimate of drug-likeness (QED) is 0.103. The Bertz CT molecular complexity index is 849. The Hall–Kier alpha value is -3.20. The maximum Gasteiger partial charge on any atom is 0.305 e. The molecule has 0 aliphatic heterocycles. The minimum Gasteiger partial charge on any atom is -0.481 e. The summed E-state index contributed by atoms with van der Waals surface area (Å²) in [6.45, 7) is 5.94. The molecule has 0 bridgehead atoms. The van der Waals surface area contributed by atoms with Gasteiger partial charge in [0.1, 0.15) is 24.2 Å². The molecule has 0 heterocycles. The molecule has 0 rings (SSSR count). The van der Waals surface area contributed by atoms with Crippen molar-refractivity contribution in [3.8, 4) is 0 Å². The first kappa shape index (κ1) is 32.8. The van der Waals surface area contributed by atoms with E-state index in [1.807, 2.05) is 0 Å². The Balaban J connectivity index is 5.72. The average molecular weight is 535 g/mol. The highest BCUT2D eigenvalue weighted by Gasteiger charge is 2.33. The Morgan fingerprint density at radius 1 is 0.750 bits per heavy atom. The molecule has 0 aromatic carbocycles. The molecule has 0 aliphatic rings. The molecule has 0 unspecified atom stereocenters. The number of hydrogen-bond acceptors (Lipinski definition) is 8. The SMILES string of the molecule is CC(=O)N[C@@H](CC(C)C)C(=O)N[C@@H](CCC(=O)O)C(=O)N[C@H](C(=O)N[C@@H](CC(=O)O)C(=O)S)[C@@H](C)O. The van der Waals surface area contributed by atoms with Gasteiger partial charge in [0.05, 0.1) is 12.5 Å². The predicted molar refractivity (Wildman–Crippen MR) is 128 cm³/mol. The topological polar surface area (TPSA) is 228 Å². The van der Waals surface area contributed by atoms with Crippen molar-refractivity contribution < 1.29 is 48.9 Å². The first-order valence-electron chi connectivity index (χ1n) is 11.1. The number of rotatable bonds is 16. The Kier molecular flexibility index (Phi) is 14.3. The molecule has 204 valence electrons. The molecule has 0 saturated heterocycles. The molecule has 15 heteroatoms. The largest absolute Gasteiger partial charge is 0.481 e. The number of thiol groups is 1. The maximum atomic E-state index is 12.9. The second-order valence-electron chi connectivity index (χ2n) is 8.60. The van der Waals surface area contributed by atoms with Crippen molar-refractivity contribution >= 4 is 53.3 Å². The molecule has 0 aromatic heterocycles. The van der Waals surface area contributed by atoms with Crippen molar-refractivity contribution in [3.05, 3.63) is 0 Å². The summed E-state index contributed by atoms with van der Waals surface area (Å²) in [4.78, 5) is 83.2. The van der Waals surface area contributed by atoms with E-state index in [0.717, 1.165) is 6.92 Å². The molecule has 0 radical (unpaired) electrons. The second kappa shape index (κ2) is 15.7. The molecule has 0 spiro atoms. The summed E-state index contributed by atoms with van der Waals surface area (Å²) in [5, 5.41) is 36.0. The molecule has 0 fully saturated rings. The molecule has 14 nitrogen and oxygen atoms in total. The van der Waals surface area contributed by atoms with E-state index in [2.05, 4.69) is 33.9 Å². The lowest BCUT2D eigenvalue weighted by Gasteiger charge is -2.27. The third-order valence-electron chi connectivity index (χ3n) is 4.74. The van der Waals surface area contributed by atoms with Gasteiger partial charge in [-0.1, -0.05) is 13.8 Å². The molecule has 7 N–H and O–H groups in total. The summed E-state index contributed by atoms with van der Waals surface area (Å²) in [6, 6.07) is -5.72. The van der Waals surface area contributed by atoms with Crippen molar-refractivity contribution in [2.24, 2.45) is 5.92 Å². The number of nitrogens with one attached hydrogen (secondary N) is 4. The number of aliphatic carboxylic acids is 2.